The molecule has 0 saturated carbocycles. The molecule has 0 unspecified atom stereocenters. The van der Waals surface area contributed by atoms with Gasteiger partial charge >= 0.3 is 0 Å². The van der Waals surface area contributed by atoms with Crippen molar-refractivity contribution >= 4 is 6.08 Å². The molecule has 0 spiro atoms. The Morgan fingerprint density at radius 1 is 1.00 bits per heavy atom. The number of aromatic nitrogens is 1. The molecule has 0 bridgehead atoms. The number of hydrogen-bond donors (Lipinski definition) is 0. The van der Waals surface area contributed by atoms with Crippen LogP contribution < -0.4 is 0 Å². The average Bonchev–Trinajstić information content (AvgIpc) is 2.41. The lowest BCUT2D eigenvalue weighted by molar-refractivity contribution is 1.30. The van der Waals surface area contributed by atoms with E-state index in [9.17, 15) is 0 Å². The molecule has 1 aromatic heterocycles. The van der Waals surface area contributed by atoms with Crippen molar-refractivity contribution in [1.29, 1.82) is 0 Å². The van der Waals surface area contributed by atoms with Crippen LogP contribution in [0, 0.1) is 0 Å². The molecule has 1 aromatic rings. The number of allylic oxidation sites excluding steroid dienone is 4. The summed E-state index contributed by atoms with van der Waals surface area (Å²) in [6.07, 6.45) is 6.91. The first-order valence-electron chi connectivity index (χ1n) is 5.57. The standard InChI is InChI=1S/C7H7N.2C5H8/c1-2-7-5-3-4-6-8-7;2*1-4-5(2)3/h2-6H,1H2;2*4H,1-2H2,3H3. The maximum Gasteiger partial charge on any atom is 0.0623 e. The van der Waals surface area contributed by atoms with Gasteiger partial charge in [0.25, 0.3) is 0 Å². The van der Waals surface area contributed by atoms with Gasteiger partial charge in [-0.25, -0.2) is 0 Å². The fourth-order valence-corrected chi connectivity index (χ4v) is 0.497. The van der Waals surface area contributed by atoms with Crippen molar-refractivity contribution in [2.45, 2.75) is 13.8 Å². The topological polar surface area (TPSA) is 12.9 Å². The van der Waals surface area contributed by atoms with Crippen LogP contribution in [0.1, 0.15) is 19.5 Å². The van der Waals surface area contributed by atoms with Crippen LogP contribution in [0.4, 0.5) is 0 Å². The minimum absolute atomic E-state index is 0.924. The number of rotatable bonds is 3. The Morgan fingerprint density at radius 2 is 1.44 bits per heavy atom. The van der Waals surface area contributed by atoms with Crippen molar-refractivity contribution < 1.29 is 0 Å². The van der Waals surface area contributed by atoms with Gasteiger partial charge in [-0.05, 0) is 32.1 Å². The first-order valence-corrected chi connectivity index (χ1v) is 5.57. The first kappa shape index (κ1) is 18.2. The van der Waals surface area contributed by atoms with Crippen LogP contribution >= 0.6 is 0 Å². The van der Waals surface area contributed by atoms with E-state index in [-0.39, 0.29) is 0 Å². The summed E-state index contributed by atoms with van der Waals surface area (Å²) in [6, 6.07) is 5.73. The molecular weight excluding hydrogens is 218 g/mol. The molecule has 1 nitrogen and oxygen atoms in total. The predicted octanol–water partition coefficient (Wildman–Crippen LogP) is 5.22. The Hall–Kier alpha value is -2.15. The van der Waals surface area contributed by atoms with E-state index in [1.807, 2.05) is 32.0 Å². The SMILES string of the molecule is C=CC(=C)C.C=CC(=C)C.C=Cc1ccccn1. The molecule has 0 aliphatic carbocycles. The molecular formula is C17H23N. The maximum absolute atomic E-state index is 3.98. The zero-order valence-electron chi connectivity index (χ0n) is 11.5. The predicted molar refractivity (Wildman–Crippen MR) is 84.4 cm³/mol. The van der Waals surface area contributed by atoms with Crippen molar-refractivity contribution in [2.75, 3.05) is 0 Å². The average molecular weight is 241 g/mol. The molecule has 0 saturated heterocycles. The van der Waals surface area contributed by atoms with Crippen LogP contribution in [-0.2, 0) is 0 Å². The van der Waals surface area contributed by atoms with E-state index in [4.69, 9.17) is 0 Å². The third kappa shape index (κ3) is 16.3. The molecule has 0 aliphatic heterocycles. The zero-order chi connectivity index (χ0) is 14.4. The Balaban J connectivity index is 0. The van der Waals surface area contributed by atoms with Gasteiger partial charge in [0.15, 0.2) is 0 Å². The summed E-state index contributed by atoms with van der Waals surface area (Å²) in [5.41, 5.74) is 2.96. The van der Waals surface area contributed by atoms with Gasteiger partial charge in [-0.1, -0.05) is 62.3 Å². The van der Waals surface area contributed by atoms with Gasteiger partial charge in [0.2, 0.25) is 0 Å². The third-order valence-electron chi connectivity index (χ3n) is 1.59. The molecule has 0 N–H and O–H groups in total. The van der Waals surface area contributed by atoms with Gasteiger partial charge in [-0.3, -0.25) is 4.98 Å². The normalized spacial score (nSPS) is 7.44. The monoisotopic (exact) mass is 241 g/mol. The van der Waals surface area contributed by atoms with Crippen LogP contribution in [0.3, 0.4) is 0 Å². The van der Waals surface area contributed by atoms with Crippen LogP contribution in [0.15, 0.2) is 80.6 Å². The smallest absolute Gasteiger partial charge is 0.0623 e. The lowest BCUT2D eigenvalue weighted by Gasteiger charge is -1.84. The second kappa shape index (κ2) is 12.9. The lowest BCUT2D eigenvalue weighted by atomic mass is 10.4. The lowest BCUT2D eigenvalue weighted by Crippen LogP contribution is -1.73. The Labute approximate surface area is 112 Å². The highest BCUT2D eigenvalue weighted by Gasteiger charge is 1.77. The quantitative estimate of drug-likeness (QED) is 0.661. The molecule has 1 heterocycles. The molecule has 96 valence electrons. The summed E-state index contributed by atoms with van der Waals surface area (Å²) >= 11 is 0. The van der Waals surface area contributed by atoms with Gasteiger partial charge < -0.3 is 0 Å². The summed E-state index contributed by atoms with van der Waals surface area (Å²) in [6.45, 7) is 21.4. The molecule has 0 atom stereocenters. The van der Waals surface area contributed by atoms with E-state index in [0.717, 1.165) is 16.8 Å². The van der Waals surface area contributed by atoms with Crippen molar-refractivity contribution in [3.05, 3.63) is 86.3 Å². The molecule has 1 heteroatoms. The molecule has 0 amide bonds. The van der Waals surface area contributed by atoms with Crippen LogP contribution in [0.25, 0.3) is 6.08 Å². The number of hydrogen-bond acceptors (Lipinski definition) is 1. The summed E-state index contributed by atoms with van der Waals surface area (Å²) in [5, 5.41) is 0. The Morgan fingerprint density at radius 3 is 1.61 bits per heavy atom. The minimum atomic E-state index is 0.924. The first-order chi connectivity index (χ1) is 8.47. The molecule has 0 radical (unpaired) electrons. The van der Waals surface area contributed by atoms with E-state index in [1.165, 1.54) is 0 Å². The number of pyridine rings is 1. The van der Waals surface area contributed by atoms with Crippen molar-refractivity contribution in [3.63, 3.8) is 0 Å². The Bertz CT molecular complexity index is 367. The molecule has 0 aliphatic rings. The van der Waals surface area contributed by atoms with E-state index in [2.05, 4.69) is 37.9 Å². The van der Waals surface area contributed by atoms with Crippen molar-refractivity contribution in [3.8, 4) is 0 Å². The zero-order valence-corrected chi connectivity index (χ0v) is 11.5. The van der Waals surface area contributed by atoms with Crippen molar-refractivity contribution in [2.24, 2.45) is 0 Å². The highest BCUT2D eigenvalue weighted by atomic mass is 14.6. The maximum atomic E-state index is 3.98. The van der Waals surface area contributed by atoms with E-state index in [0.29, 0.717) is 0 Å². The minimum Gasteiger partial charge on any atom is -0.257 e. The second-order valence-electron chi connectivity index (χ2n) is 3.56. The van der Waals surface area contributed by atoms with E-state index < -0.39 is 0 Å². The highest BCUT2D eigenvalue weighted by molar-refractivity contribution is 5.40. The molecule has 0 fully saturated rings. The molecule has 0 aromatic carbocycles. The van der Waals surface area contributed by atoms with E-state index in [1.54, 1.807) is 24.4 Å². The third-order valence-corrected chi connectivity index (χ3v) is 1.59. The summed E-state index contributed by atoms with van der Waals surface area (Å²) in [4.78, 5) is 3.98. The fourth-order valence-electron chi connectivity index (χ4n) is 0.497. The Kier molecular flexibility index (Phi) is 13.1. The van der Waals surface area contributed by atoms with Crippen LogP contribution in [0.5, 0.6) is 0 Å². The second-order valence-corrected chi connectivity index (χ2v) is 3.56. The van der Waals surface area contributed by atoms with E-state index >= 15 is 0 Å². The van der Waals surface area contributed by atoms with Crippen LogP contribution in [0.2, 0.25) is 0 Å². The van der Waals surface area contributed by atoms with Gasteiger partial charge in [0.1, 0.15) is 0 Å². The van der Waals surface area contributed by atoms with Gasteiger partial charge in [0, 0.05) is 6.20 Å². The van der Waals surface area contributed by atoms with Crippen LogP contribution in [-0.4, -0.2) is 4.98 Å². The summed E-state index contributed by atoms with van der Waals surface area (Å²) in [7, 11) is 0. The number of nitrogens with zero attached hydrogens (tertiary/aromatic N) is 1. The summed E-state index contributed by atoms with van der Waals surface area (Å²) < 4.78 is 0. The van der Waals surface area contributed by atoms with Crippen molar-refractivity contribution in [1.82, 2.24) is 4.98 Å². The molecule has 18 heavy (non-hydrogen) atoms. The highest BCUT2D eigenvalue weighted by Crippen LogP contribution is 1.91. The largest absolute Gasteiger partial charge is 0.257 e. The summed E-state index contributed by atoms with van der Waals surface area (Å²) in [5.74, 6) is 0. The molecule has 1 rings (SSSR count). The van der Waals surface area contributed by atoms with Gasteiger partial charge in [0.05, 0.1) is 5.69 Å². The fraction of sp³-hybridized carbons (Fsp3) is 0.118. The van der Waals surface area contributed by atoms with Gasteiger partial charge in [-0.15, -0.1) is 0 Å². The van der Waals surface area contributed by atoms with Gasteiger partial charge in [-0.2, -0.15) is 0 Å².